The highest BCUT2D eigenvalue weighted by molar-refractivity contribution is 7.99. The van der Waals surface area contributed by atoms with Crippen LogP contribution in [0.4, 0.5) is 13.2 Å². The molecule has 1 aromatic heterocycles. The van der Waals surface area contributed by atoms with Crippen LogP contribution in [0.15, 0.2) is 88.8 Å². The van der Waals surface area contributed by atoms with Gasteiger partial charge in [0.1, 0.15) is 17.4 Å². The fraction of sp³-hybridized carbons (Fsp3) is 0.160. The number of hydrogen-bond acceptors (Lipinski definition) is 6. The van der Waals surface area contributed by atoms with Crippen molar-refractivity contribution in [2.45, 2.75) is 28.6 Å². The van der Waals surface area contributed by atoms with Crippen LogP contribution in [0.5, 0.6) is 5.75 Å². The zero-order valence-corrected chi connectivity index (χ0v) is 19.5. The molecular formula is C25H21F3N2O2S2. The van der Waals surface area contributed by atoms with Crippen molar-refractivity contribution in [2.24, 2.45) is 5.73 Å². The fourth-order valence-corrected chi connectivity index (χ4v) is 5.06. The Labute approximate surface area is 203 Å². The number of hydrogen-bond donors (Lipinski definition) is 2. The van der Waals surface area contributed by atoms with E-state index < -0.39 is 17.8 Å². The predicted molar refractivity (Wildman–Crippen MR) is 128 cm³/mol. The van der Waals surface area contributed by atoms with Crippen molar-refractivity contribution in [2.75, 3.05) is 6.61 Å². The van der Waals surface area contributed by atoms with Gasteiger partial charge < -0.3 is 15.6 Å². The zero-order valence-electron chi connectivity index (χ0n) is 17.8. The van der Waals surface area contributed by atoms with E-state index in [0.717, 1.165) is 23.4 Å². The molecule has 0 unspecified atom stereocenters. The lowest BCUT2D eigenvalue weighted by molar-refractivity contribution is -0.139. The number of nitrogens with two attached hydrogens (primary N) is 1. The molecule has 0 bridgehead atoms. The largest absolute Gasteiger partial charge is 0.489 e. The van der Waals surface area contributed by atoms with E-state index in [9.17, 15) is 18.3 Å². The molecule has 0 fully saturated rings. The van der Waals surface area contributed by atoms with E-state index in [2.05, 4.69) is 4.98 Å². The summed E-state index contributed by atoms with van der Waals surface area (Å²) in [5.41, 5.74) is 6.43. The fourth-order valence-electron chi connectivity index (χ4n) is 3.16. The molecule has 4 nitrogen and oxygen atoms in total. The van der Waals surface area contributed by atoms with E-state index in [1.165, 1.54) is 23.6 Å². The first-order valence-electron chi connectivity index (χ1n) is 10.3. The highest BCUT2D eigenvalue weighted by Crippen LogP contribution is 2.42. The van der Waals surface area contributed by atoms with E-state index in [1.54, 1.807) is 30.3 Å². The maximum absolute atomic E-state index is 13.9. The number of halogens is 3. The summed E-state index contributed by atoms with van der Waals surface area (Å²) in [5.74, 6) is 0.580. The number of benzene rings is 3. The number of ether oxygens (including phenoxy) is 1. The molecule has 4 rings (SSSR count). The van der Waals surface area contributed by atoms with Crippen LogP contribution in [0, 0.1) is 0 Å². The molecule has 0 saturated carbocycles. The number of rotatable bonds is 8. The molecule has 1 atom stereocenters. The summed E-state index contributed by atoms with van der Waals surface area (Å²) in [5, 5.41) is 9.66. The number of nitrogens with zero attached hydrogens (tertiary/aromatic N) is 1. The second-order valence-corrected chi connectivity index (χ2v) is 9.59. The molecular weight excluding hydrogens is 481 g/mol. The van der Waals surface area contributed by atoms with Crippen molar-refractivity contribution in [1.29, 1.82) is 0 Å². The Morgan fingerprint density at radius 1 is 1.03 bits per heavy atom. The van der Waals surface area contributed by atoms with E-state index >= 15 is 0 Å². The molecule has 0 spiro atoms. The molecule has 1 heterocycles. The third-order valence-electron chi connectivity index (χ3n) is 4.89. The molecule has 34 heavy (non-hydrogen) atoms. The van der Waals surface area contributed by atoms with Crippen molar-refractivity contribution >= 4 is 23.1 Å². The van der Waals surface area contributed by atoms with E-state index in [0.29, 0.717) is 32.7 Å². The van der Waals surface area contributed by atoms with Gasteiger partial charge in [0.15, 0.2) is 0 Å². The maximum Gasteiger partial charge on any atom is 0.417 e. The Hall–Kier alpha value is -2.85. The topological polar surface area (TPSA) is 68.4 Å². The van der Waals surface area contributed by atoms with Gasteiger partial charge >= 0.3 is 6.18 Å². The van der Waals surface area contributed by atoms with Gasteiger partial charge in [0.25, 0.3) is 0 Å². The van der Waals surface area contributed by atoms with Gasteiger partial charge in [-0.25, -0.2) is 4.98 Å². The van der Waals surface area contributed by atoms with Crippen molar-refractivity contribution in [1.82, 2.24) is 4.98 Å². The molecule has 9 heteroatoms. The number of alkyl halides is 3. The molecule has 0 amide bonds. The molecule has 0 saturated heterocycles. The molecule has 3 N–H and O–H groups in total. The molecule has 176 valence electrons. The predicted octanol–water partition coefficient (Wildman–Crippen LogP) is 6.55. The van der Waals surface area contributed by atoms with Gasteiger partial charge in [-0.05, 0) is 41.5 Å². The van der Waals surface area contributed by atoms with Crippen LogP contribution in [0.1, 0.15) is 22.2 Å². The first-order valence-corrected chi connectivity index (χ1v) is 11.9. The quantitative estimate of drug-likeness (QED) is 0.286. The van der Waals surface area contributed by atoms with Gasteiger partial charge in [0, 0.05) is 16.0 Å². The summed E-state index contributed by atoms with van der Waals surface area (Å²) in [4.78, 5) is 5.41. The number of aliphatic hydroxyl groups excluding tert-OH is 1. The number of aliphatic hydroxyl groups is 1. The van der Waals surface area contributed by atoms with Crippen LogP contribution >= 0.6 is 23.1 Å². The van der Waals surface area contributed by atoms with E-state index in [4.69, 9.17) is 10.5 Å². The molecule has 0 radical (unpaired) electrons. The molecule has 0 aliphatic carbocycles. The first kappa shape index (κ1) is 24.3. The minimum atomic E-state index is -4.53. The summed E-state index contributed by atoms with van der Waals surface area (Å²) < 4.78 is 47.6. The highest BCUT2D eigenvalue weighted by Gasteiger charge is 2.34. The summed E-state index contributed by atoms with van der Waals surface area (Å²) in [6.07, 6.45) is -3.06. The van der Waals surface area contributed by atoms with Gasteiger partial charge in [-0.2, -0.15) is 13.2 Å². The van der Waals surface area contributed by atoms with Crippen molar-refractivity contribution in [3.05, 3.63) is 95.1 Å². The van der Waals surface area contributed by atoms with Gasteiger partial charge in [-0.3, -0.25) is 0 Å². The van der Waals surface area contributed by atoms with E-state index in [-0.39, 0.29) is 11.5 Å². The third kappa shape index (κ3) is 5.98. The Morgan fingerprint density at radius 2 is 1.82 bits per heavy atom. The third-order valence-corrected chi connectivity index (χ3v) is 7.13. The normalized spacial score (nSPS) is 12.5. The van der Waals surface area contributed by atoms with Gasteiger partial charge in [0.2, 0.25) is 0 Å². The lowest BCUT2D eigenvalue weighted by Crippen LogP contribution is -2.13. The average molecular weight is 503 g/mol. The SMILES string of the molecule is N[C@@H](CO)c1ncc(-c2ccc(Sc3cccc(OCc4ccccc4)c3)c(C(F)(F)F)c2)s1. The summed E-state index contributed by atoms with van der Waals surface area (Å²) in [7, 11) is 0. The molecule has 0 aliphatic rings. The minimum absolute atomic E-state index is 0.0910. The lowest BCUT2D eigenvalue weighted by Gasteiger charge is -2.14. The minimum Gasteiger partial charge on any atom is -0.489 e. The van der Waals surface area contributed by atoms with Crippen molar-refractivity contribution in [3.63, 3.8) is 0 Å². The van der Waals surface area contributed by atoms with Crippen LogP contribution in [-0.2, 0) is 12.8 Å². The van der Waals surface area contributed by atoms with Crippen molar-refractivity contribution in [3.8, 4) is 16.2 Å². The Morgan fingerprint density at radius 3 is 2.56 bits per heavy atom. The van der Waals surface area contributed by atoms with Crippen LogP contribution in [0.3, 0.4) is 0 Å². The lowest BCUT2D eigenvalue weighted by atomic mass is 10.1. The molecule has 3 aromatic carbocycles. The van der Waals surface area contributed by atoms with E-state index in [1.807, 2.05) is 30.3 Å². The number of aromatic nitrogens is 1. The maximum atomic E-state index is 13.9. The Kier molecular flexibility index (Phi) is 7.57. The average Bonchev–Trinajstić information content (AvgIpc) is 3.33. The Bertz CT molecular complexity index is 1250. The highest BCUT2D eigenvalue weighted by atomic mass is 32.2. The first-order chi connectivity index (χ1) is 16.3. The summed E-state index contributed by atoms with van der Waals surface area (Å²) in [6.45, 7) is 0.0820. The van der Waals surface area contributed by atoms with Crippen LogP contribution in [0.2, 0.25) is 0 Å². The summed E-state index contributed by atoms with van der Waals surface area (Å²) >= 11 is 2.20. The summed E-state index contributed by atoms with van der Waals surface area (Å²) in [6, 6.07) is 20.2. The second kappa shape index (κ2) is 10.6. The zero-order chi connectivity index (χ0) is 24.1. The van der Waals surface area contributed by atoms with Gasteiger partial charge in [0.05, 0.1) is 23.1 Å². The smallest absolute Gasteiger partial charge is 0.417 e. The van der Waals surface area contributed by atoms with Crippen LogP contribution < -0.4 is 10.5 Å². The molecule has 4 aromatic rings. The van der Waals surface area contributed by atoms with Crippen LogP contribution in [-0.4, -0.2) is 16.7 Å². The molecule has 0 aliphatic heterocycles. The second-order valence-electron chi connectivity index (χ2n) is 7.41. The number of thiazole rings is 1. The Balaban J connectivity index is 1.56. The van der Waals surface area contributed by atoms with Gasteiger partial charge in [-0.15, -0.1) is 11.3 Å². The van der Waals surface area contributed by atoms with Crippen molar-refractivity contribution < 1.29 is 23.0 Å². The standard InChI is InChI=1S/C25H21F3N2O2S2/c26-25(27,28)20-11-17(23-13-30-24(34-23)21(29)14-31)9-10-22(20)33-19-8-4-7-18(12-19)32-15-16-5-2-1-3-6-16/h1-13,21,31H,14-15,29H2/t21-/m0/s1. The van der Waals surface area contributed by atoms with Crippen LogP contribution in [0.25, 0.3) is 10.4 Å². The monoisotopic (exact) mass is 502 g/mol. The van der Waals surface area contributed by atoms with Gasteiger partial charge in [-0.1, -0.05) is 54.2 Å².